The van der Waals surface area contributed by atoms with Crippen LogP contribution in [-0.2, 0) is 14.3 Å². The molecule has 0 radical (unpaired) electrons. The molecule has 0 aromatic heterocycles. The van der Waals surface area contributed by atoms with Crippen LogP contribution >= 0.6 is 0 Å². The van der Waals surface area contributed by atoms with Crippen LogP contribution in [-0.4, -0.2) is 73.5 Å². The van der Waals surface area contributed by atoms with Crippen molar-refractivity contribution in [2.45, 2.75) is 56.8 Å². The summed E-state index contributed by atoms with van der Waals surface area (Å²) in [6.45, 7) is 0.301. The number of amides is 3. The summed E-state index contributed by atoms with van der Waals surface area (Å²) in [4.78, 5) is 40.9. The summed E-state index contributed by atoms with van der Waals surface area (Å²) >= 11 is 0. The van der Waals surface area contributed by atoms with Gasteiger partial charge in [-0.15, -0.1) is 0 Å². The van der Waals surface area contributed by atoms with Crippen LogP contribution in [0.4, 0.5) is 5.69 Å². The number of ether oxygens (including phenoxy) is 2. The highest BCUT2D eigenvalue weighted by atomic mass is 16.5. The third-order valence-electron chi connectivity index (χ3n) is 6.66. The lowest BCUT2D eigenvalue weighted by atomic mass is 9.85. The van der Waals surface area contributed by atoms with Gasteiger partial charge in [-0.3, -0.25) is 14.4 Å². The first-order valence-electron chi connectivity index (χ1n) is 11.0. The van der Waals surface area contributed by atoms with Gasteiger partial charge in [0.05, 0.1) is 24.1 Å². The minimum Gasteiger partial charge on any atom is -0.490 e. The normalized spacial score (nSPS) is 25.8. The molecule has 2 fully saturated rings. The molecule has 1 saturated heterocycles. The van der Waals surface area contributed by atoms with Crippen molar-refractivity contribution in [2.24, 2.45) is 5.92 Å². The predicted molar refractivity (Wildman–Crippen MR) is 115 cm³/mol. The Labute approximate surface area is 182 Å². The van der Waals surface area contributed by atoms with Gasteiger partial charge in [-0.1, -0.05) is 6.42 Å². The predicted octanol–water partition coefficient (Wildman–Crippen LogP) is 2.28. The first-order chi connectivity index (χ1) is 14.8. The van der Waals surface area contributed by atoms with Crippen molar-refractivity contribution in [3.8, 4) is 5.75 Å². The molecular formula is C23H31N3O5. The van der Waals surface area contributed by atoms with E-state index in [1.807, 2.05) is 0 Å². The van der Waals surface area contributed by atoms with E-state index in [2.05, 4.69) is 5.32 Å². The minimum atomic E-state index is -0.297. The van der Waals surface area contributed by atoms with E-state index >= 15 is 0 Å². The molecule has 2 aliphatic heterocycles. The van der Waals surface area contributed by atoms with E-state index in [1.54, 1.807) is 49.1 Å². The fourth-order valence-electron chi connectivity index (χ4n) is 4.40. The van der Waals surface area contributed by atoms with Crippen LogP contribution in [0.2, 0.25) is 0 Å². The molecule has 3 amide bonds. The van der Waals surface area contributed by atoms with Crippen molar-refractivity contribution in [2.75, 3.05) is 33.1 Å². The monoisotopic (exact) mass is 429 g/mol. The van der Waals surface area contributed by atoms with E-state index in [4.69, 9.17) is 9.47 Å². The zero-order chi connectivity index (χ0) is 22.1. The second-order valence-electron chi connectivity index (χ2n) is 8.99. The zero-order valence-electron chi connectivity index (χ0n) is 18.4. The molecule has 31 heavy (non-hydrogen) atoms. The number of carbonyl (C=O) groups is 3. The number of rotatable bonds is 4. The topological polar surface area (TPSA) is 88.2 Å². The quantitative estimate of drug-likeness (QED) is 0.793. The van der Waals surface area contributed by atoms with Gasteiger partial charge in [-0.2, -0.15) is 0 Å². The summed E-state index contributed by atoms with van der Waals surface area (Å²) in [7, 11) is 5.25. The van der Waals surface area contributed by atoms with Crippen molar-refractivity contribution in [3.63, 3.8) is 0 Å². The summed E-state index contributed by atoms with van der Waals surface area (Å²) < 4.78 is 12.2. The lowest BCUT2D eigenvalue weighted by Crippen LogP contribution is -2.53. The molecule has 0 unspecified atom stereocenters. The van der Waals surface area contributed by atoms with Gasteiger partial charge in [-0.25, -0.2) is 0 Å². The van der Waals surface area contributed by atoms with Crippen molar-refractivity contribution in [1.29, 1.82) is 0 Å². The van der Waals surface area contributed by atoms with E-state index in [1.165, 1.54) is 0 Å². The average Bonchev–Trinajstić information content (AvgIpc) is 2.69. The SMILES string of the molecule is CN(C)C(=O)C[C@@H]1CC[C@H]2[C@H](COc3ccc(NC(=O)C4CCC4)cc3C(=O)N2C)O1. The molecule has 0 bridgehead atoms. The Morgan fingerprint density at radius 3 is 2.65 bits per heavy atom. The number of benzene rings is 1. The molecule has 3 aliphatic rings. The molecule has 0 spiro atoms. The molecule has 1 aliphatic carbocycles. The van der Waals surface area contributed by atoms with E-state index in [0.717, 1.165) is 25.7 Å². The van der Waals surface area contributed by atoms with Gasteiger partial charge >= 0.3 is 0 Å². The van der Waals surface area contributed by atoms with Gasteiger partial charge in [0.1, 0.15) is 18.5 Å². The summed E-state index contributed by atoms with van der Waals surface area (Å²) in [5, 5.41) is 2.93. The number of nitrogens with zero attached hydrogens (tertiary/aromatic N) is 2. The van der Waals surface area contributed by atoms with Crippen LogP contribution in [0, 0.1) is 5.92 Å². The Morgan fingerprint density at radius 2 is 1.97 bits per heavy atom. The van der Waals surface area contributed by atoms with Gasteiger partial charge in [0.15, 0.2) is 0 Å². The number of hydrogen-bond donors (Lipinski definition) is 1. The first-order valence-corrected chi connectivity index (χ1v) is 11.0. The third-order valence-corrected chi connectivity index (χ3v) is 6.66. The van der Waals surface area contributed by atoms with Crippen LogP contribution in [0.15, 0.2) is 18.2 Å². The van der Waals surface area contributed by atoms with Gasteiger partial charge in [0.25, 0.3) is 5.91 Å². The first kappa shape index (κ1) is 21.6. The maximum Gasteiger partial charge on any atom is 0.257 e. The number of likely N-dealkylation sites (N-methyl/N-ethyl adjacent to an activating group) is 1. The van der Waals surface area contributed by atoms with Crippen LogP contribution in [0.3, 0.4) is 0 Å². The highest BCUT2D eigenvalue weighted by molar-refractivity contribution is 6.00. The highest BCUT2D eigenvalue weighted by Gasteiger charge is 2.39. The summed E-state index contributed by atoms with van der Waals surface area (Å²) in [6, 6.07) is 5.07. The molecule has 2 heterocycles. The number of carbonyl (C=O) groups excluding carboxylic acids is 3. The Morgan fingerprint density at radius 1 is 1.19 bits per heavy atom. The summed E-state index contributed by atoms with van der Waals surface area (Å²) in [5.41, 5.74) is 1.05. The summed E-state index contributed by atoms with van der Waals surface area (Å²) in [6.07, 6.45) is 4.25. The lowest BCUT2D eigenvalue weighted by Gasteiger charge is -2.42. The molecule has 1 aromatic rings. The van der Waals surface area contributed by atoms with Gasteiger partial charge in [-0.05, 0) is 43.9 Å². The van der Waals surface area contributed by atoms with Crippen LogP contribution in [0.5, 0.6) is 5.75 Å². The molecule has 3 atom stereocenters. The molecule has 1 N–H and O–H groups in total. The second kappa shape index (κ2) is 8.86. The number of nitrogens with one attached hydrogen (secondary N) is 1. The minimum absolute atomic E-state index is 0.0119. The maximum atomic E-state index is 13.2. The fourth-order valence-corrected chi connectivity index (χ4v) is 4.40. The van der Waals surface area contributed by atoms with E-state index in [0.29, 0.717) is 36.4 Å². The molecule has 8 heteroatoms. The Kier molecular flexibility index (Phi) is 6.18. The van der Waals surface area contributed by atoms with Crippen LogP contribution in [0.1, 0.15) is 48.9 Å². The Balaban J connectivity index is 1.48. The van der Waals surface area contributed by atoms with Crippen molar-refractivity contribution in [1.82, 2.24) is 9.80 Å². The molecule has 168 valence electrons. The maximum absolute atomic E-state index is 13.2. The smallest absolute Gasteiger partial charge is 0.257 e. The van der Waals surface area contributed by atoms with Crippen LogP contribution in [0.25, 0.3) is 0 Å². The second-order valence-corrected chi connectivity index (χ2v) is 8.99. The zero-order valence-corrected chi connectivity index (χ0v) is 18.4. The molecular weight excluding hydrogens is 398 g/mol. The van der Waals surface area contributed by atoms with Crippen molar-refractivity contribution < 1.29 is 23.9 Å². The van der Waals surface area contributed by atoms with Crippen molar-refractivity contribution >= 4 is 23.4 Å². The lowest BCUT2D eigenvalue weighted by molar-refractivity contribution is -0.140. The Hall–Kier alpha value is -2.61. The fraction of sp³-hybridized carbons (Fsp3) is 0.609. The van der Waals surface area contributed by atoms with Gasteiger partial charge < -0.3 is 24.6 Å². The van der Waals surface area contributed by atoms with Gasteiger partial charge in [0.2, 0.25) is 11.8 Å². The summed E-state index contributed by atoms with van der Waals surface area (Å²) in [5.74, 6) is 0.436. The molecule has 4 rings (SSSR count). The number of fused-ring (bicyclic) bond motifs is 2. The Bertz CT molecular complexity index is 867. The average molecular weight is 430 g/mol. The molecule has 1 saturated carbocycles. The highest BCUT2D eigenvalue weighted by Crippen LogP contribution is 2.33. The number of anilines is 1. The largest absolute Gasteiger partial charge is 0.490 e. The number of hydrogen-bond acceptors (Lipinski definition) is 5. The van der Waals surface area contributed by atoms with E-state index in [9.17, 15) is 14.4 Å². The molecule has 8 nitrogen and oxygen atoms in total. The van der Waals surface area contributed by atoms with Crippen molar-refractivity contribution in [3.05, 3.63) is 23.8 Å². The third kappa shape index (κ3) is 4.54. The standard InChI is InChI=1S/C23H31N3O5/c1-25(2)21(27)12-16-8-9-18-20(31-16)13-30-19-10-7-15(11-17(19)23(29)26(18)3)24-22(28)14-5-4-6-14/h7,10-11,14,16,18,20H,4-6,8-9,12-13H2,1-3H3,(H,24,28)/t16-,18-,20-/m0/s1. The van der Waals surface area contributed by atoms with E-state index < -0.39 is 0 Å². The van der Waals surface area contributed by atoms with Gasteiger partial charge in [0, 0.05) is 32.7 Å². The van der Waals surface area contributed by atoms with Crippen LogP contribution < -0.4 is 10.1 Å². The molecule has 1 aromatic carbocycles. The van der Waals surface area contributed by atoms with E-state index in [-0.39, 0.29) is 41.9 Å².